The van der Waals surface area contributed by atoms with Crippen molar-refractivity contribution >= 4 is 29.9 Å². The summed E-state index contributed by atoms with van der Waals surface area (Å²) < 4.78 is 7.98. The molecule has 2 aromatic rings. The summed E-state index contributed by atoms with van der Waals surface area (Å²) in [5.74, 6) is 3.12. The number of ether oxygens (including phenoxy) is 1. The Hall–Kier alpha value is -1.84. The van der Waals surface area contributed by atoms with Gasteiger partial charge >= 0.3 is 0 Å². The summed E-state index contributed by atoms with van der Waals surface area (Å²) in [7, 11) is 1.88. The third-order valence-electron chi connectivity index (χ3n) is 4.32. The van der Waals surface area contributed by atoms with Crippen molar-refractivity contribution in [1.29, 1.82) is 0 Å². The Balaban J connectivity index is 0.00000420. The number of aryl methyl sites for hydroxylation is 2. The van der Waals surface area contributed by atoms with Gasteiger partial charge in [-0.05, 0) is 44.7 Å². The Labute approximate surface area is 191 Å². The van der Waals surface area contributed by atoms with E-state index in [1.807, 2.05) is 14.0 Å². The van der Waals surface area contributed by atoms with Crippen LogP contribution in [0.25, 0.3) is 0 Å². The number of nitrogens with zero attached hydrogens (tertiary/aromatic N) is 4. The highest BCUT2D eigenvalue weighted by Crippen LogP contribution is 2.24. The number of aromatic nitrogens is 3. The van der Waals surface area contributed by atoms with Gasteiger partial charge in [-0.3, -0.25) is 4.68 Å². The second-order valence-corrected chi connectivity index (χ2v) is 7.52. The number of hydrogen-bond acceptors (Lipinski definition) is 4. The molecule has 1 atom stereocenters. The van der Waals surface area contributed by atoms with Gasteiger partial charge in [0.15, 0.2) is 5.96 Å². The molecule has 0 fully saturated rings. The summed E-state index contributed by atoms with van der Waals surface area (Å²) in [5, 5.41) is 10.7. The minimum absolute atomic E-state index is 0. The van der Waals surface area contributed by atoms with Crippen molar-refractivity contribution in [2.45, 2.75) is 60.2 Å². The molecule has 7 nitrogen and oxygen atoms in total. The summed E-state index contributed by atoms with van der Waals surface area (Å²) in [5.41, 5.74) is 2.27. The van der Waals surface area contributed by atoms with Crippen LogP contribution in [0, 0.1) is 12.8 Å². The Morgan fingerprint density at radius 2 is 2.00 bits per heavy atom. The standard InChI is InChI=1S/C21H34N6O.HI/c1-7-22-21(24-13-20-25-14-26-27(20)6)23-12-18-9-8-16(4)11-19(18)28-17(5)10-15(2)3;/h8-9,11,14-15,17H,7,10,12-13H2,1-6H3,(H2,22,23,24);1H. The van der Waals surface area contributed by atoms with Gasteiger partial charge in [-0.25, -0.2) is 9.98 Å². The van der Waals surface area contributed by atoms with Crippen molar-refractivity contribution in [2.75, 3.05) is 6.54 Å². The molecule has 29 heavy (non-hydrogen) atoms. The van der Waals surface area contributed by atoms with Gasteiger partial charge in [-0.1, -0.05) is 26.0 Å². The zero-order valence-corrected chi connectivity index (χ0v) is 20.7. The van der Waals surface area contributed by atoms with Crippen LogP contribution in [0.5, 0.6) is 5.75 Å². The maximum atomic E-state index is 6.23. The van der Waals surface area contributed by atoms with Crippen molar-refractivity contribution in [3.63, 3.8) is 0 Å². The van der Waals surface area contributed by atoms with Gasteiger partial charge in [-0.2, -0.15) is 5.10 Å². The highest BCUT2D eigenvalue weighted by atomic mass is 127. The van der Waals surface area contributed by atoms with Crippen LogP contribution < -0.4 is 15.4 Å². The lowest BCUT2D eigenvalue weighted by Crippen LogP contribution is -2.37. The predicted molar refractivity (Wildman–Crippen MR) is 129 cm³/mol. The number of nitrogens with one attached hydrogen (secondary N) is 2. The number of hydrogen-bond donors (Lipinski definition) is 2. The summed E-state index contributed by atoms with van der Waals surface area (Å²) in [6, 6.07) is 6.30. The molecule has 2 rings (SSSR count). The average Bonchev–Trinajstić information content (AvgIpc) is 3.03. The van der Waals surface area contributed by atoms with E-state index in [2.05, 4.69) is 66.6 Å². The van der Waals surface area contributed by atoms with Gasteiger partial charge in [0.1, 0.15) is 17.9 Å². The Morgan fingerprint density at radius 1 is 1.24 bits per heavy atom. The third kappa shape index (κ3) is 8.59. The topological polar surface area (TPSA) is 76.4 Å². The van der Waals surface area contributed by atoms with Crippen molar-refractivity contribution in [1.82, 2.24) is 25.4 Å². The molecule has 2 N–H and O–H groups in total. The van der Waals surface area contributed by atoms with Gasteiger partial charge in [0, 0.05) is 19.2 Å². The molecule has 0 bridgehead atoms. The molecular weight excluding hydrogens is 479 g/mol. The van der Waals surface area contributed by atoms with E-state index in [1.54, 1.807) is 11.0 Å². The molecule has 0 aliphatic heterocycles. The summed E-state index contributed by atoms with van der Waals surface area (Å²) in [6.45, 7) is 12.6. The number of benzene rings is 1. The molecule has 162 valence electrons. The maximum absolute atomic E-state index is 6.23. The van der Waals surface area contributed by atoms with Gasteiger partial charge in [0.25, 0.3) is 0 Å². The minimum atomic E-state index is 0. The van der Waals surface area contributed by atoms with Gasteiger partial charge in [0.2, 0.25) is 0 Å². The van der Waals surface area contributed by atoms with E-state index in [9.17, 15) is 0 Å². The molecule has 0 spiro atoms. The summed E-state index contributed by atoms with van der Waals surface area (Å²) >= 11 is 0. The Morgan fingerprint density at radius 3 is 2.62 bits per heavy atom. The fourth-order valence-electron chi connectivity index (χ4n) is 2.98. The number of halogens is 1. The lowest BCUT2D eigenvalue weighted by Gasteiger charge is -2.19. The van der Waals surface area contributed by atoms with E-state index in [-0.39, 0.29) is 30.1 Å². The van der Waals surface area contributed by atoms with Crippen LogP contribution in [0.4, 0.5) is 0 Å². The number of rotatable bonds is 9. The molecule has 0 aliphatic rings. The molecule has 0 amide bonds. The predicted octanol–water partition coefficient (Wildman–Crippen LogP) is 3.81. The van der Waals surface area contributed by atoms with Gasteiger partial charge < -0.3 is 15.4 Å². The first-order chi connectivity index (χ1) is 13.4. The average molecular weight is 514 g/mol. The van der Waals surface area contributed by atoms with Crippen molar-refractivity contribution in [2.24, 2.45) is 18.0 Å². The van der Waals surface area contributed by atoms with E-state index in [0.29, 0.717) is 19.0 Å². The van der Waals surface area contributed by atoms with Gasteiger partial charge in [-0.15, -0.1) is 24.0 Å². The first-order valence-corrected chi connectivity index (χ1v) is 10.00. The van der Waals surface area contributed by atoms with Crippen LogP contribution in [-0.2, 0) is 20.1 Å². The van der Waals surface area contributed by atoms with E-state index in [1.165, 1.54) is 5.56 Å². The number of guanidine groups is 1. The summed E-state index contributed by atoms with van der Waals surface area (Å²) in [6.07, 6.45) is 2.75. The van der Waals surface area contributed by atoms with Crippen LogP contribution in [0.2, 0.25) is 0 Å². The molecule has 1 aromatic heterocycles. The molecule has 0 radical (unpaired) electrons. The monoisotopic (exact) mass is 514 g/mol. The molecule has 1 heterocycles. The smallest absolute Gasteiger partial charge is 0.191 e. The van der Waals surface area contributed by atoms with Crippen molar-refractivity contribution in [3.05, 3.63) is 41.5 Å². The van der Waals surface area contributed by atoms with E-state index >= 15 is 0 Å². The van der Waals surface area contributed by atoms with Crippen molar-refractivity contribution < 1.29 is 4.74 Å². The van der Waals surface area contributed by atoms with Crippen molar-refractivity contribution in [3.8, 4) is 5.75 Å². The van der Waals surface area contributed by atoms with Crippen LogP contribution in [0.3, 0.4) is 0 Å². The summed E-state index contributed by atoms with van der Waals surface area (Å²) in [4.78, 5) is 8.96. The minimum Gasteiger partial charge on any atom is -0.490 e. The lowest BCUT2D eigenvalue weighted by atomic mass is 10.1. The van der Waals surface area contributed by atoms with Crippen LogP contribution in [-0.4, -0.2) is 33.4 Å². The fourth-order valence-corrected chi connectivity index (χ4v) is 2.98. The lowest BCUT2D eigenvalue weighted by molar-refractivity contribution is 0.191. The Bertz CT molecular complexity index is 774. The molecule has 1 unspecified atom stereocenters. The second kappa shape index (κ2) is 12.7. The maximum Gasteiger partial charge on any atom is 0.191 e. The van der Waals surface area contributed by atoms with Crippen LogP contribution in [0.15, 0.2) is 29.5 Å². The molecule has 0 aliphatic carbocycles. The molecule has 0 saturated carbocycles. The van der Waals surface area contributed by atoms with Gasteiger partial charge in [0.05, 0.1) is 19.2 Å². The third-order valence-corrected chi connectivity index (χ3v) is 4.32. The van der Waals surface area contributed by atoms with E-state index < -0.39 is 0 Å². The molecule has 1 aromatic carbocycles. The zero-order valence-electron chi connectivity index (χ0n) is 18.4. The van der Waals surface area contributed by atoms with E-state index in [0.717, 1.165) is 36.1 Å². The zero-order chi connectivity index (χ0) is 20.5. The number of aliphatic imine (C=N–C) groups is 1. The first kappa shape index (κ1) is 25.2. The molecule has 8 heteroatoms. The van der Waals surface area contributed by atoms with Crippen LogP contribution >= 0.6 is 24.0 Å². The highest BCUT2D eigenvalue weighted by molar-refractivity contribution is 14.0. The highest BCUT2D eigenvalue weighted by Gasteiger charge is 2.11. The normalized spacial score (nSPS) is 12.4. The fraction of sp³-hybridized carbons (Fsp3) is 0.571. The quantitative estimate of drug-likeness (QED) is 0.303. The largest absolute Gasteiger partial charge is 0.490 e. The SMILES string of the molecule is CCNC(=NCc1ccc(C)cc1OC(C)CC(C)C)NCc1ncnn1C.I. The molecular formula is C21H35IN6O. The Kier molecular flexibility index (Phi) is 11.0. The van der Waals surface area contributed by atoms with Crippen LogP contribution in [0.1, 0.15) is 51.1 Å². The second-order valence-electron chi connectivity index (χ2n) is 7.52. The van der Waals surface area contributed by atoms with E-state index in [4.69, 9.17) is 9.73 Å². The first-order valence-electron chi connectivity index (χ1n) is 10.00. The molecule has 0 saturated heterocycles.